The monoisotopic (exact) mass is 324 g/mol. The first-order valence-electron chi connectivity index (χ1n) is 7.61. The number of methoxy groups -OCH3 is 3. The molecule has 0 N–H and O–H groups in total. The highest BCUT2D eigenvalue weighted by Gasteiger charge is 2.16. The zero-order valence-corrected chi connectivity index (χ0v) is 14.0. The lowest BCUT2D eigenvalue weighted by atomic mass is 10.1. The highest BCUT2D eigenvalue weighted by molar-refractivity contribution is 5.68. The minimum Gasteiger partial charge on any atom is -0.493 e. The molecule has 0 radical (unpaired) electrons. The van der Waals surface area contributed by atoms with Gasteiger partial charge >= 0.3 is 0 Å². The average molecular weight is 324 g/mol. The van der Waals surface area contributed by atoms with E-state index in [-0.39, 0.29) is 0 Å². The van der Waals surface area contributed by atoms with Crippen molar-refractivity contribution in [2.24, 2.45) is 0 Å². The van der Waals surface area contributed by atoms with Crippen LogP contribution in [0.2, 0.25) is 0 Å². The van der Waals surface area contributed by atoms with Crippen LogP contribution in [-0.4, -0.2) is 30.9 Å². The zero-order valence-electron chi connectivity index (χ0n) is 14.0. The van der Waals surface area contributed by atoms with Crippen LogP contribution in [0.15, 0.2) is 55.0 Å². The van der Waals surface area contributed by atoms with E-state index in [0.29, 0.717) is 17.2 Å². The Kier molecular flexibility index (Phi) is 4.70. The molecule has 5 heteroatoms. The quantitative estimate of drug-likeness (QED) is 0.695. The predicted octanol–water partition coefficient (Wildman–Crippen LogP) is 3.62. The number of aromatic nitrogens is 2. The first kappa shape index (κ1) is 15.9. The van der Waals surface area contributed by atoms with Gasteiger partial charge in [-0.1, -0.05) is 30.3 Å². The average Bonchev–Trinajstić information content (AvgIpc) is 3.09. The number of ether oxygens (including phenoxy) is 3. The Morgan fingerprint density at radius 1 is 0.917 bits per heavy atom. The van der Waals surface area contributed by atoms with Crippen molar-refractivity contribution in [1.29, 1.82) is 0 Å². The number of hydrogen-bond acceptors (Lipinski definition) is 4. The summed E-state index contributed by atoms with van der Waals surface area (Å²) in [5.41, 5.74) is 3.15. The third kappa shape index (κ3) is 3.06. The summed E-state index contributed by atoms with van der Waals surface area (Å²) in [5.74, 6) is 1.83. The summed E-state index contributed by atoms with van der Waals surface area (Å²) in [7, 11) is 4.82. The first-order chi connectivity index (χ1) is 11.8. The molecule has 3 rings (SSSR count). The Bertz CT molecular complexity index is 787. The smallest absolute Gasteiger partial charge is 0.203 e. The van der Waals surface area contributed by atoms with Gasteiger partial charge in [0, 0.05) is 12.1 Å². The van der Waals surface area contributed by atoms with E-state index in [1.165, 1.54) is 5.56 Å². The van der Waals surface area contributed by atoms with E-state index in [2.05, 4.69) is 21.7 Å². The van der Waals surface area contributed by atoms with E-state index >= 15 is 0 Å². The highest BCUT2D eigenvalue weighted by Crippen LogP contribution is 2.41. The van der Waals surface area contributed by atoms with Crippen LogP contribution in [-0.2, 0) is 6.54 Å². The lowest BCUT2D eigenvalue weighted by Crippen LogP contribution is -2.01. The van der Waals surface area contributed by atoms with Crippen molar-refractivity contribution in [3.63, 3.8) is 0 Å². The maximum absolute atomic E-state index is 5.44. The molecule has 0 spiro atoms. The van der Waals surface area contributed by atoms with Gasteiger partial charge in [0.15, 0.2) is 11.5 Å². The molecule has 0 fully saturated rings. The number of hydrogen-bond donors (Lipinski definition) is 0. The molecule has 0 aliphatic rings. The van der Waals surface area contributed by atoms with Crippen LogP contribution in [0.1, 0.15) is 5.56 Å². The molecule has 0 aliphatic carbocycles. The number of nitrogens with zero attached hydrogens (tertiary/aromatic N) is 2. The Hall–Kier alpha value is -2.95. The highest BCUT2D eigenvalue weighted by atomic mass is 16.5. The maximum atomic E-state index is 5.44. The van der Waals surface area contributed by atoms with Crippen molar-refractivity contribution in [2.45, 2.75) is 6.54 Å². The summed E-state index contributed by atoms with van der Waals surface area (Å²) in [4.78, 5) is 4.30. The van der Waals surface area contributed by atoms with Gasteiger partial charge in [0.25, 0.3) is 0 Å². The van der Waals surface area contributed by atoms with Crippen LogP contribution < -0.4 is 14.2 Å². The molecule has 0 bridgehead atoms. The fourth-order valence-corrected chi connectivity index (χ4v) is 2.70. The number of rotatable bonds is 6. The topological polar surface area (TPSA) is 45.5 Å². The molecule has 124 valence electrons. The lowest BCUT2D eigenvalue weighted by Gasteiger charge is -2.15. The van der Waals surface area contributed by atoms with Crippen LogP contribution in [0.5, 0.6) is 17.2 Å². The summed E-state index contributed by atoms with van der Waals surface area (Å²) < 4.78 is 18.4. The summed E-state index contributed by atoms with van der Waals surface area (Å²) in [6, 6.07) is 14.1. The molecule has 0 unspecified atom stereocenters. The lowest BCUT2D eigenvalue weighted by molar-refractivity contribution is 0.324. The van der Waals surface area contributed by atoms with Gasteiger partial charge in [0.2, 0.25) is 5.75 Å². The van der Waals surface area contributed by atoms with Crippen LogP contribution in [0, 0.1) is 0 Å². The Morgan fingerprint density at radius 3 is 2.17 bits per heavy atom. The molecule has 0 aliphatic heterocycles. The molecule has 2 aromatic carbocycles. The van der Waals surface area contributed by atoms with E-state index in [4.69, 9.17) is 14.2 Å². The maximum Gasteiger partial charge on any atom is 0.203 e. The van der Waals surface area contributed by atoms with Crippen molar-refractivity contribution >= 4 is 0 Å². The second-order valence-electron chi connectivity index (χ2n) is 5.31. The van der Waals surface area contributed by atoms with Gasteiger partial charge < -0.3 is 18.8 Å². The van der Waals surface area contributed by atoms with Gasteiger partial charge in [-0.05, 0) is 17.7 Å². The Morgan fingerprint density at radius 2 is 1.58 bits per heavy atom. The summed E-state index contributed by atoms with van der Waals surface area (Å²) >= 11 is 0. The largest absolute Gasteiger partial charge is 0.493 e. The number of benzene rings is 2. The van der Waals surface area contributed by atoms with Gasteiger partial charge in [-0.3, -0.25) is 0 Å². The summed E-state index contributed by atoms with van der Waals surface area (Å²) in [5, 5.41) is 0. The molecule has 5 nitrogen and oxygen atoms in total. The Labute approximate surface area is 141 Å². The van der Waals surface area contributed by atoms with Gasteiger partial charge in [-0.15, -0.1) is 0 Å². The van der Waals surface area contributed by atoms with Gasteiger partial charge in [0.1, 0.15) is 0 Å². The standard InChI is InChI=1S/C19H20N2O3/c1-22-17-9-15(10-18(23-2)19(17)24-3)16-11-20-13-21(16)12-14-7-5-4-6-8-14/h4-11,13H,12H2,1-3H3. The minimum atomic E-state index is 0.581. The van der Waals surface area contributed by atoms with Crippen LogP contribution in [0.4, 0.5) is 0 Å². The Balaban J connectivity index is 2.02. The molecule has 0 saturated carbocycles. The molecule has 1 aromatic heterocycles. The van der Waals surface area contributed by atoms with Crippen molar-refractivity contribution in [3.05, 3.63) is 60.6 Å². The predicted molar refractivity (Wildman–Crippen MR) is 92.9 cm³/mol. The van der Waals surface area contributed by atoms with Crippen molar-refractivity contribution < 1.29 is 14.2 Å². The van der Waals surface area contributed by atoms with Crippen LogP contribution in [0.25, 0.3) is 11.3 Å². The molecule has 0 amide bonds. The molecule has 3 aromatic rings. The first-order valence-corrected chi connectivity index (χ1v) is 7.61. The number of imidazole rings is 1. The third-order valence-electron chi connectivity index (χ3n) is 3.87. The van der Waals surface area contributed by atoms with Crippen molar-refractivity contribution in [3.8, 4) is 28.5 Å². The minimum absolute atomic E-state index is 0.581. The van der Waals surface area contributed by atoms with Crippen molar-refractivity contribution in [2.75, 3.05) is 21.3 Å². The zero-order chi connectivity index (χ0) is 16.9. The fraction of sp³-hybridized carbons (Fsp3) is 0.211. The second kappa shape index (κ2) is 7.08. The van der Waals surface area contributed by atoms with E-state index in [0.717, 1.165) is 17.8 Å². The molecular weight excluding hydrogens is 304 g/mol. The molecule has 0 atom stereocenters. The van der Waals surface area contributed by atoms with E-state index in [1.54, 1.807) is 21.3 Å². The molecule has 24 heavy (non-hydrogen) atoms. The summed E-state index contributed by atoms with van der Waals surface area (Å²) in [6.07, 6.45) is 3.66. The third-order valence-corrected chi connectivity index (χ3v) is 3.87. The van der Waals surface area contributed by atoms with Crippen molar-refractivity contribution in [1.82, 2.24) is 9.55 Å². The van der Waals surface area contributed by atoms with Gasteiger partial charge in [-0.2, -0.15) is 0 Å². The van der Waals surface area contributed by atoms with E-state index < -0.39 is 0 Å². The normalized spacial score (nSPS) is 10.5. The van der Waals surface area contributed by atoms with Crippen LogP contribution >= 0.6 is 0 Å². The fourth-order valence-electron chi connectivity index (χ4n) is 2.70. The van der Waals surface area contributed by atoms with E-state index in [1.807, 2.05) is 42.9 Å². The van der Waals surface area contributed by atoms with Gasteiger partial charge in [-0.25, -0.2) is 4.98 Å². The van der Waals surface area contributed by atoms with E-state index in [9.17, 15) is 0 Å². The molecule has 0 saturated heterocycles. The van der Waals surface area contributed by atoms with Gasteiger partial charge in [0.05, 0.1) is 39.5 Å². The van der Waals surface area contributed by atoms with Crippen LogP contribution in [0.3, 0.4) is 0 Å². The SMILES string of the molecule is COc1cc(-c2cncn2Cc2ccccc2)cc(OC)c1OC. The molecule has 1 heterocycles. The molecular formula is C19H20N2O3. The summed E-state index contributed by atoms with van der Waals surface area (Å²) in [6.45, 7) is 0.743. The second-order valence-corrected chi connectivity index (χ2v) is 5.31.